The number of amides is 2. The molecule has 3 rings (SSSR count). The summed E-state index contributed by atoms with van der Waals surface area (Å²) in [6.45, 7) is 7.09. The largest absolute Gasteiger partial charge is 0.457 e. The average Bonchev–Trinajstić information content (AvgIpc) is 2.71. The van der Waals surface area contributed by atoms with Crippen LogP contribution in [0, 0.1) is 0 Å². The third-order valence-electron chi connectivity index (χ3n) is 4.36. The fourth-order valence-electron chi connectivity index (χ4n) is 2.93. The van der Waals surface area contributed by atoms with Crippen molar-refractivity contribution in [1.29, 1.82) is 0 Å². The number of ether oxygens (including phenoxy) is 2. The highest BCUT2D eigenvalue weighted by atomic mass is 16.6. The number of aromatic nitrogens is 1. The molecular formula is C24H27N3O4. The molecule has 0 aliphatic carbocycles. The number of carbonyl (C=O) groups excluding carboxylic acids is 2. The molecule has 0 saturated heterocycles. The van der Waals surface area contributed by atoms with Gasteiger partial charge < -0.3 is 20.1 Å². The lowest BCUT2D eigenvalue weighted by atomic mass is 10.1. The van der Waals surface area contributed by atoms with Crippen molar-refractivity contribution >= 4 is 28.6 Å². The smallest absolute Gasteiger partial charge is 0.408 e. The molecule has 0 spiro atoms. The molecule has 7 heteroatoms. The van der Waals surface area contributed by atoms with Gasteiger partial charge in [-0.3, -0.25) is 4.79 Å². The summed E-state index contributed by atoms with van der Waals surface area (Å²) >= 11 is 0. The van der Waals surface area contributed by atoms with Gasteiger partial charge in [-0.15, -0.1) is 0 Å². The minimum atomic E-state index is -0.748. The van der Waals surface area contributed by atoms with E-state index in [1.54, 1.807) is 46.0 Å². The Bertz CT molecular complexity index is 1080. The van der Waals surface area contributed by atoms with E-state index in [2.05, 4.69) is 15.6 Å². The summed E-state index contributed by atoms with van der Waals surface area (Å²) in [4.78, 5) is 28.8. The zero-order chi connectivity index (χ0) is 22.4. The summed E-state index contributed by atoms with van der Waals surface area (Å²) in [6, 6.07) is 16.4. The zero-order valence-electron chi connectivity index (χ0n) is 18.1. The Balaban J connectivity index is 1.66. The molecule has 31 heavy (non-hydrogen) atoms. The summed E-state index contributed by atoms with van der Waals surface area (Å²) in [5.41, 5.74) is -0.644. The highest BCUT2D eigenvalue weighted by Gasteiger charge is 2.23. The molecule has 0 aliphatic heterocycles. The van der Waals surface area contributed by atoms with Crippen LogP contribution < -0.4 is 15.4 Å². The first-order chi connectivity index (χ1) is 14.7. The quantitative estimate of drug-likeness (QED) is 0.566. The standard InChI is InChI=1S/C24H27N3O4/c1-5-20(26-23(29)31-24(2,3)4)22(28)27-21-15-19(12-13-25-21)30-18-11-10-16-8-6-7-9-17(16)14-18/h6-15,20H,5H2,1-4H3,(H,26,29)(H,25,27,28)/t20-/m1/s1. The average molecular weight is 421 g/mol. The molecule has 1 atom stereocenters. The number of nitrogens with zero attached hydrogens (tertiary/aromatic N) is 1. The van der Waals surface area contributed by atoms with Gasteiger partial charge in [-0.2, -0.15) is 0 Å². The SMILES string of the molecule is CC[C@@H](NC(=O)OC(C)(C)C)C(=O)Nc1cc(Oc2ccc3ccccc3c2)ccn1. The van der Waals surface area contributed by atoms with Gasteiger partial charge >= 0.3 is 6.09 Å². The maximum atomic E-state index is 12.6. The molecule has 162 valence electrons. The Morgan fingerprint density at radius 1 is 1.00 bits per heavy atom. The minimum absolute atomic E-state index is 0.327. The van der Waals surface area contributed by atoms with Crippen LogP contribution in [-0.2, 0) is 9.53 Å². The Morgan fingerprint density at radius 3 is 2.42 bits per heavy atom. The minimum Gasteiger partial charge on any atom is -0.457 e. The highest BCUT2D eigenvalue weighted by molar-refractivity contribution is 5.96. The van der Waals surface area contributed by atoms with Crippen LogP contribution in [0.25, 0.3) is 10.8 Å². The van der Waals surface area contributed by atoms with Crippen molar-refractivity contribution in [3.05, 3.63) is 60.8 Å². The number of alkyl carbamates (subject to hydrolysis) is 1. The zero-order valence-corrected chi connectivity index (χ0v) is 18.1. The number of fused-ring (bicyclic) bond motifs is 1. The van der Waals surface area contributed by atoms with Gasteiger partial charge in [0, 0.05) is 12.3 Å². The van der Waals surface area contributed by atoms with E-state index in [1.807, 2.05) is 42.5 Å². The molecule has 0 fully saturated rings. The van der Waals surface area contributed by atoms with Crippen molar-refractivity contribution in [1.82, 2.24) is 10.3 Å². The Labute approximate surface area is 181 Å². The van der Waals surface area contributed by atoms with Gasteiger partial charge in [0.15, 0.2) is 0 Å². The summed E-state index contributed by atoms with van der Waals surface area (Å²) in [6.07, 6.45) is 1.31. The predicted molar refractivity (Wildman–Crippen MR) is 120 cm³/mol. The lowest BCUT2D eigenvalue weighted by Gasteiger charge is -2.22. The van der Waals surface area contributed by atoms with Gasteiger partial charge in [-0.25, -0.2) is 9.78 Å². The number of benzene rings is 2. The van der Waals surface area contributed by atoms with E-state index in [-0.39, 0.29) is 5.91 Å². The van der Waals surface area contributed by atoms with E-state index in [4.69, 9.17) is 9.47 Å². The summed E-state index contributed by atoms with van der Waals surface area (Å²) in [5.74, 6) is 1.16. The van der Waals surface area contributed by atoms with Gasteiger partial charge in [0.2, 0.25) is 5.91 Å². The number of carbonyl (C=O) groups is 2. The first kappa shape index (κ1) is 22.1. The molecule has 0 unspecified atom stereocenters. The molecular weight excluding hydrogens is 394 g/mol. The van der Waals surface area contributed by atoms with Gasteiger partial charge in [-0.05, 0) is 56.2 Å². The molecule has 3 aromatic rings. The molecule has 1 aromatic heterocycles. The number of pyridine rings is 1. The second-order valence-corrected chi connectivity index (χ2v) is 8.08. The maximum absolute atomic E-state index is 12.6. The molecule has 1 heterocycles. The topological polar surface area (TPSA) is 89.5 Å². The fourth-order valence-corrected chi connectivity index (χ4v) is 2.93. The van der Waals surface area contributed by atoms with Crippen molar-refractivity contribution in [2.45, 2.75) is 45.8 Å². The number of hydrogen-bond acceptors (Lipinski definition) is 5. The van der Waals surface area contributed by atoms with Crippen molar-refractivity contribution < 1.29 is 19.1 Å². The van der Waals surface area contributed by atoms with Crippen molar-refractivity contribution in [2.75, 3.05) is 5.32 Å². The van der Waals surface area contributed by atoms with E-state index in [0.717, 1.165) is 10.8 Å². The monoisotopic (exact) mass is 421 g/mol. The molecule has 0 saturated carbocycles. The van der Waals surface area contributed by atoms with Crippen molar-refractivity contribution in [3.8, 4) is 11.5 Å². The third-order valence-corrected chi connectivity index (χ3v) is 4.36. The second-order valence-electron chi connectivity index (χ2n) is 8.08. The van der Waals surface area contributed by atoms with Crippen LogP contribution in [0.2, 0.25) is 0 Å². The van der Waals surface area contributed by atoms with Gasteiger partial charge in [0.25, 0.3) is 0 Å². The van der Waals surface area contributed by atoms with Crippen LogP contribution in [-0.4, -0.2) is 28.6 Å². The molecule has 0 aliphatic rings. The third kappa shape index (κ3) is 6.44. The van der Waals surface area contributed by atoms with E-state index < -0.39 is 17.7 Å². The second kappa shape index (κ2) is 9.47. The molecule has 0 radical (unpaired) electrons. The van der Waals surface area contributed by atoms with Gasteiger partial charge in [0.05, 0.1) is 0 Å². The Hall–Kier alpha value is -3.61. The normalized spacial score (nSPS) is 12.1. The molecule has 2 N–H and O–H groups in total. The first-order valence-electron chi connectivity index (χ1n) is 10.2. The van der Waals surface area contributed by atoms with Crippen LogP contribution in [0.4, 0.5) is 10.6 Å². The van der Waals surface area contributed by atoms with Crippen molar-refractivity contribution in [3.63, 3.8) is 0 Å². The summed E-state index contributed by atoms with van der Waals surface area (Å²) in [5, 5.41) is 7.50. The number of rotatable bonds is 6. The summed E-state index contributed by atoms with van der Waals surface area (Å²) in [7, 11) is 0. The maximum Gasteiger partial charge on any atom is 0.408 e. The van der Waals surface area contributed by atoms with E-state index in [1.165, 1.54) is 0 Å². The predicted octanol–water partition coefficient (Wildman–Crippen LogP) is 5.27. The van der Waals surface area contributed by atoms with E-state index in [0.29, 0.717) is 23.7 Å². The van der Waals surface area contributed by atoms with Crippen LogP contribution in [0.3, 0.4) is 0 Å². The molecule has 0 bridgehead atoms. The van der Waals surface area contributed by atoms with Gasteiger partial charge in [0.1, 0.15) is 29.0 Å². The van der Waals surface area contributed by atoms with E-state index in [9.17, 15) is 9.59 Å². The van der Waals surface area contributed by atoms with Crippen LogP contribution in [0.1, 0.15) is 34.1 Å². The Kier molecular flexibility index (Phi) is 6.74. The van der Waals surface area contributed by atoms with Crippen LogP contribution in [0.15, 0.2) is 60.8 Å². The number of hydrogen-bond donors (Lipinski definition) is 2. The van der Waals surface area contributed by atoms with Gasteiger partial charge in [-0.1, -0.05) is 37.3 Å². The molecule has 7 nitrogen and oxygen atoms in total. The summed E-state index contributed by atoms with van der Waals surface area (Å²) < 4.78 is 11.2. The number of nitrogens with one attached hydrogen (secondary N) is 2. The lowest BCUT2D eigenvalue weighted by molar-refractivity contribution is -0.118. The highest BCUT2D eigenvalue weighted by Crippen LogP contribution is 2.26. The van der Waals surface area contributed by atoms with Crippen LogP contribution in [0.5, 0.6) is 11.5 Å². The lowest BCUT2D eigenvalue weighted by Crippen LogP contribution is -2.45. The fraction of sp³-hybridized carbons (Fsp3) is 0.292. The Morgan fingerprint density at radius 2 is 1.71 bits per heavy atom. The van der Waals surface area contributed by atoms with Crippen molar-refractivity contribution in [2.24, 2.45) is 0 Å². The van der Waals surface area contributed by atoms with Crippen LogP contribution >= 0.6 is 0 Å². The molecule has 2 aromatic carbocycles. The number of anilines is 1. The molecule has 2 amide bonds. The van der Waals surface area contributed by atoms with E-state index >= 15 is 0 Å². The first-order valence-corrected chi connectivity index (χ1v) is 10.2.